The van der Waals surface area contributed by atoms with Crippen molar-refractivity contribution >= 4 is 34.8 Å². The van der Waals surface area contributed by atoms with Crippen LogP contribution in [0.3, 0.4) is 0 Å². The average molecular weight is 348 g/mol. The number of hydrogen-bond acceptors (Lipinski definition) is 6. The summed E-state index contributed by atoms with van der Waals surface area (Å²) in [5, 5.41) is 6.42. The second-order valence-corrected chi connectivity index (χ2v) is 5.71. The van der Waals surface area contributed by atoms with Crippen molar-refractivity contribution in [1.29, 1.82) is 0 Å². The van der Waals surface area contributed by atoms with E-state index in [1.54, 1.807) is 24.3 Å². The van der Waals surface area contributed by atoms with Gasteiger partial charge < -0.3 is 20.3 Å². The molecule has 0 unspecified atom stereocenters. The lowest BCUT2D eigenvalue weighted by molar-refractivity contribution is -0.114. The van der Waals surface area contributed by atoms with Gasteiger partial charge in [-0.25, -0.2) is 9.97 Å². The zero-order chi connectivity index (χ0) is 16.8. The molecule has 0 aliphatic carbocycles. The lowest BCUT2D eigenvalue weighted by Crippen LogP contribution is -2.36. The number of rotatable bonds is 5. The summed E-state index contributed by atoms with van der Waals surface area (Å²) in [5.74, 6) is 1.27. The van der Waals surface area contributed by atoms with Gasteiger partial charge in [-0.2, -0.15) is 0 Å². The molecule has 0 spiro atoms. The highest BCUT2D eigenvalue weighted by atomic mass is 35.5. The van der Waals surface area contributed by atoms with Crippen LogP contribution in [0, 0.1) is 0 Å². The minimum Gasteiger partial charge on any atom is -0.378 e. The molecule has 0 saturated carbocycles. The van der Waals surface area contributed by atoms with Crippen LogP contribution < -0.4 is 15.5 Å². The van der Waals surface area contributed by atoms with Gasteiger partial charge in [-0.15, -0.1) is 0 Å². The van der Waals surface area contributed by atoms with E-state index < -0.39 is 0 Å². The molecule has 1 aliphatic rings. The summed E-state index contributed by atoms with van der Waals surface area (Å²) in [6, 6.07) is 8.79. The fourth-order valence-corrected chi connectivity index (χ4v) is 2.44. The Bertz CT molecular complexity index is 689. The molecule has 1 aliphatic heterocycles. The fourth-order valence-electron chi connectivity index (χ4n) is 2.32. The topological polar surface area (TPSA) is 79.4 Å². The van der Waals surface area contributed by atoms with Gasteiger partial charge in [0.15, 0.2) is 0 Å². The Morgan fingerprint density at radius 2 is 1.96 bits per heavy atom. The Morgan fingerprint density at radius 1 is 1.21 bits per heavy atom. The van der Waals surface area contributed by atoms with Crippen molar-refractivity contribution in [2.24, 2.45) is 0 Å². The van der Waals surface area contributed by atoms with Crippen LogP contribution in [0.1, 0.15) is 0 Å². The molecule has 1 saturated heterocycles. The molecule has 0 atom stereocenters. The van der Waals surface area contributed by atoms with Gasteiger partial charge in [-0.05, 0) is 24.3 Å². The zero-order valence-electron chi connectivity index (χ0n) is 13.0. The van der Waals surface area contributed by atoms with Crippen molar-refractivity contribution in [3.63, 3.8) is 0 Å². The van der Waals surface area contributed by atoms with E-state index in [9.17, 15) is 4.79 Å². The molecule has 1 aromatic heterocycles. The third-order valence-electron chi connectivity index (χ3n) is 3.55. The predicted octanol–water partition coefficient (Wildman–Crippen LogP) is 2.02. The molecular formula is C16H18ClN5O2. The van der Waals surface area contributed by atoms with Crippen molar-refractivity contribution in [1.82, 2.24) is 9.97 Å². The quantitative estimate of drug-likeness (QED) is 0.861. The molecular weight excluding hydrogens is 330 g/mol. The van der Waals surface area contributed by atoms with E-state index in [1.807, 2.05) is 6.07 Å². The lowest BCUT2D eigenvalue weighted by atomic mass is 10.3. The molecule has 0 bridgehead atoms. The molecule has 7 nitrogen and oxygen atoms in total. The van der Waals surface area contributed by atoms with Crippen molar-refractivity contribution in [2.75, 3.05) is 48.4 Å². The van der Waals surface area contributed by atoms with E-state index in [-0.39, 0.29) is 12.5 Å². The number of nitrogens with zero attached hydrogens (tertiary/aromatic N) is 3. The van der Waals surface area contributed by atoms with Crippen LogP contribution in [-0.2, 0) is 9.53 Å². The summed E-state index contributed by atoms with van der Waals surface area (Å²) in [6.45, 7) is 3.09. The Morgan fingerprint density at radius 3 is 2.71 bits per heavy atom. The number of carbonyl (C=O) groups is 1. The van der Waals surface area contributed by atoms with Crippen molar-refractivity contribution < 1.29 is 9.53 Å². The third kappa shape index (κ3) is 4.56. The first-order chi connectivity index (χ1) is 11.7. The minimum absolute atomic E-state index is 0.113. The van der Waals surface area contributed by atoms with E-state index in [1.165, 1.54) is 6.33 Å². The number of aromatic nitrogens is 2. The van der Waals surface area contributed by atoms with Crippen LogP contribution in [0.4, 0.5) is 17.3 Å². The van der Waals surface area contributed by atoms with E-state index in [0.29, 0.717) is 29.7 Å². The molecule has 1 aromatic carbocycles. The molecule has 1 amide bonds. The van der Waals surface area contributed by atoms with Gasteiger partial charge in [0.25, 0.3) is 0 Å². The SMILES string of the molecule is O=C(CNc1cc(N2CCOCC2)ncn1)Nc1ccc(Cl)cc1. The number of benzene rings is 1. The number of hydrogen-bond donors (Lipinski definition) is 2. The second-order valence-electron chi connectivity index (χ2n) is 5.27. The van der Waals surface area contributed by atoms with Crippen molar-refractivity contribution in [3.8, 4) is 0 Å². The van der Waals surface area contributed by atoms with Gasteiger partial charge >= 0.3 is 0 Å². The largest absolute Gasteiger partial charge is 0.378 e. The number of morpholine rings is 1. The molecule has 0 radical (unpaired) electrons. The zero-order valence-corrected chi connectivity index (χ0v) is 13.8. The van der Waals surface area contributed by atoms with Crippen LogP contribution in [-0.4, -0.2) is 48.7 Å². The molecule has 8 heteroatoms. The van der Waals surface area contributed by atoms with Gasteiger partial charge in [0, 0.05) is 29.9 Å². The summed E-state index contributed by atoms with van der Waals surface area (Å²) in [7, 11) is 0. The summed E-state index contributed by atoms with van der Waals surface area (Å²) < 4.78 is 5.33. The smallest absolute Gasteiger partial charge is 0.243 e. The Kier molecular flexibility index (Phi) is 5.45. The number of carbonyl (C=O) groups excluding carboxylic acids is 1. The van der Waals surface area contributed by atoms with Crippen molar-refractivity contribution in [2.45, 2.75) is 0 Å². The molecule has 3 rings (SSSR count). The molecule has 1 fully saturated rings. The Labute approximate surface area is 145 Å². The van der Waals surface area contributed by atoms with Crippen LogP contribution in [0.2, 0.25) is 5.02 Å². The van der Waals surface area contributed by atoms with Crippen LogP contribution >= 0.6 is 11.6 Å². The van der Waals surface area contributed by atoms with E-state index in [4.69, 9.17) is 16.3 Å². The van der Waals surface area contributed by atoms with E-state index in [0.717, 1.165) is 18.9 Å². The fraction of sp³-hybridized carbons (Fsp3) is 0.312. The maximum absolute atomic E-state index is 12.0. The maximum Gasteiger partial charge on any atom is 0.243 e. The standard InChI is InChI=1S/C16H18ClN5O2/c17-12-1-3-13(4-2-12)21-16(23)10-18-14-9-15(20-11-19-14)22-5-7-24-8-6-22/h1-4,9,11H,5-8,10H2,(H,21,23)(H,18,19,20). The van der Waals surface area contributed by atoms with Crippen LogP contribution in [0.25, 0.3) is 0 Å². The Hall–Kier alpha value is -2.38. The highest BCUT2D eigenvalue weighted by Crippen LogP contribution is 2.16. The molecule has 2 aromatic rings. The second kappa shape index (κ2) is 7.94. The third-order valence-corrected chi connectivity index (χ3v) is 3.80. The van der Waals surface area contributed by atoms with Gasteiger partial charge in [0.2, 0.25) is 5.91 Å². The van der Waals surface area contributed by atoms with Gasteiger partial charge in [-0.3, -0.25) is 4.79 Å². The van der Waals surface area contributed by atoms with Crippen molar-refractivity contribution in [3.05, 3.63) is 41.7 Å². The highest BCUT2D eigenvalue weighted by Gasteiger charge is 2.13. The molecule has 2 heterocycles. The lowest BCUT2D eigenvalue weighted by Gasteiger charge is -2.27. The first-order valence-electron chi connectivity index (χ1n) is 7.65. The van der Waals surface area contributed by atoms with Crippen LogP contribution in [0.15, 0.2) is 36.7 Å². The number of ether oxygens (including phenoxy) is 1. The predicted molar refractivity (Wildman–Crippen MR) is 93.6 cm³/mol. The summed E-state index contributed by atoms with van der Waals surface area (Å²) >= 11 is 5.82. The molecule has 2 N–H and O–H groups in total. The average Bonchev–Trinajstić information content (AvgIpc) is 2.63. The summed E-state index contributed by atoms with van der Waals surface area (Å²) in [4.78, 5) is 22.5. The number of amides is 1. The van der Waals surface area contributed by atoms with Crippen LogP contribution in [0.5, 0.6) is 0 Å². The number of halogens is 1. The summed E-state index contributed by atoms with van der Waals surface area (Å²) in [6.07, 6.45) is 1.49. The first-order valence-corrected chi connectivity index (χ1v) is 8.02. The van der Waals surface area contributed by atoms with Gasteiger partial charge in [0.05, 0.1) is 19.8 Å². The Balaban J connectivity index is 1.54. The van der Waals surface area contributed by atoms with E-state index >= 15 is 0 Å². The summed E-state index contributed by atoms with van der Waals surface area (Å²) in [5.41, 5.74) is 0.697. The molecule has 126 valence electrons. The minimum atomic E-state index is -0.163. The number of nitrogens with one attached hydrogen (secondary N) is 2. The highest BCUT2D eigenvalue weighted by molar-refractivity contribution is 6.30. The number of anilines is 3. The van der Waals surface area contributed by atoms with E-state index in [2.05, 4.69) is 25.5 Å². The van der Waals surface area contributed by atoms with Gasteiger partial charge in [-0.1, -0.05) is 11.6 Å². The van der Waals surface area contributed by atoms with Gasteiger partial charge in [0.1, 0.15) is 18.0 Å². The first kappa shape index (κ1) is 16.5. The molecule has 24 heavy (non-hydrogen) atoms. The monoisotopic (exact) mass is 347 g/mol. The maximum atomic E-state index is 12.0. The normalized spacial score (nSPS) is 14.3.